The molecule has 0 aliphatic carbocycles. The number of aryl methyl sites for hydroxylation is 2. The molecule has 1 N–H and O–H groups in total. The number of hydrogen-bond acceptors (Lipinski definition) is 3. The standard InChI is InChI=1S/C23H28N2O2/c1-15-11-16(2)24-19(15)12-21-22(26-6)13-20(25-21)18-9-7-17(8-10-18)14-27-23(3,4)5/h7-13,24H,14H2,1-6H3/b21-12-. The summed E-state index contributed by atoms with van der Waals surface area (Å²) in [5, 5.41) is 0. The van der Waals surface area contributed by atoms with Gasteiger partial charge in [0.05, 0.1) is 25.0 Å². The van der Waals surface area contributed by atoms with Gasteiger partial charge in [0.2, 0.25) is 0 Å². The SMILES string of the molecule is COC1=CC(c2ccc(COC(C)(C)C)cc2)=N/C1=C\c1[nH]c(C)cc1C. The van der Waals surface area contributed by atoms with Gasteiger partial charge in [-0.05, 0) is 57.9 Å². The van der Waals surface area contributed by atoms with Gasteiger partial charge in [-0.1, -0.05) is 24.3 Å². The fraction of sp³-hybridized carbons (Fsp3) is 0.348. The van der Waals surface area contributed by atoms with E-state index in [2.05, 4.69) is 69.9 Å². The molecule has 3 rings (SSSR count). The predicted molar refractivity (Wildman–Crippen MR) is 111 cm³/mol. The van der Waals surface area contributed by atoms with Gasteiger partial charge in [0.25, 0.3) is 0 Å². The van der Waals surface area contributed by atoms with Gasteiger partial charge >= 0.3 is 0 Å². The number of allylic oxidation sites excluding steroid dienone is 1. The Morgan fingerprint density at radius 3 is 2.37 bits per heavy atom. The number of benzene rings is 1. The number of hydrogen-bond donors (Lipinski definition) is 1. The summed E-state index contributed by atoms with van der Waals surface area (Å²) in [4.78, 5) is 8.14. The Balaban J connectivity index is 1.82. The maximum absolute atomic E-state index is 5.84. The maximum Gasteiger partial charge on any atom is 0.146 e. The number of H-pyrrole nitrogens is 1. The predicted octanol–water partition coefficient (Wildman–Crippen LogP) is 5.32. The van der Waals surface area contributed by atoms with E-state index >= 15 is 0 Å². The lowest BCUT2D eigenvalue weighted by molar-refractivity contribution is -0.0149. The molecule has 2 heterocycles. The van der Waals surface area contributed by atoms with Crippen molar-refractivity contribution in [1.82, 2.24) is 4.98 Å². The maximum atomic E-state index is 5.84. The van der Waals surface area contributed by atoms with Crippen molar-refractivity contribution >= 4 is 11.8 Å². The minimum Gasteiger partial charge on any atom is -0.494 e. The molecule has 0 unspecified atom stereocenters. The molecule has 4 heteroatoms. The summed E-state index contributed by atoms with van der Waals surface area (Å²) in [7, 11) is 1.68. The lowest BCUT2D eigenvalue weighted by Crippen LogP contribution is -2.18. The van der Waals surface area contributed by atoms with Crippen molar-refractivity contribution in [3.05, 3.63) is 75.9 Å². The number of nitrogens with one attached hydrogen (secondary N) is 1. The second kappa shape index (κ2) is 7.57. The van der Waals surface area contributed by atoms with E-state index in [4.69, 9.17) is 14.5 Å². The van der Waals surface area contributed by atoms with Crippen molar-refractivity contribution < 1.29 is 9.47 Å². The number of methoxy groups -OCH3 is 1. The Morgan fingerprint density at radius 1 is 1.11 bits per heavy atom. The summed E-state index contributed by atoms with van der Waals surface area (Å²) in [6.07, 6.45) is 4.02. The van der Waals surface area contributed by atoms with Gasteiger partial charge in [0.15, 0.2) is 0 Å². The first-order chi connectivity index (χ1) is 12.7. The molecule has 27 heavy (non-hydrogen) atoms. The second-order valence-corrected chi connectivity index (χ2v) is 7.89. The number of aromatic nitrogens is 1. The van der Waals surface area contributed by atoms with Crippen molar-refractivity contribution in [1.29, 1.82) is 0 Å². The van der Waals surface area contributed by atoms with E-state index in [0.717, 1.165) is 39.7 Å². The van der Waals surface area contributed by atoms with Crippen molar-refractivity contribution in [2.75, 3.05) is 7.11 Å². The Morgan fingerprint density at radius 2 is 1.81 bits per heavy atom. The molecule has 0 fully saturated rings. The summed E-state index contributed by atoms with van der Waals surface area (Å²) < 4.78 is 11.4. The molecule has 0 saturated carbocycles. The molecule has 0 radical (unpaired) electrons. The average molecular weight is 364 g/mol. The zero-order valence-corrected chi connectivity index (χ0v) is 17.0. The molecule has 1 aromatic heterocycles. The number of rotatable bonds is 5. The number of nitrogens with zero attached hydrogens (tertiary/aromatic N) is 1. The molecule has 142 valence electrons. The fourth-order valence-corrected chi connectivity index (χ4v) is 2.94. The van der Waals surface area contributed by atoms with Crippen LogP contribution in [0, 0.1) is 13.8 Å². The summed E-state index contributed by atoms with van der Waals surface area (Å²) in [6, 6.07) is 10.5. The van der Waals surface area contributed by atoms with Crippen molar-refractivity contribution in [3.63, 3.8) is 0 Å². The average Bonchev–Trinajstić information content (AvgIpc) is 3.16. The smallest absolute Gasteiger partial charge is 0.146 e. The number of aromatic amines is 1. The van der Waals surface area contributed by atoms with Crippen LogP contribution in [-0.2, 0) is 16.1 Å². The minimum atomic E-state index is -0.141. The van der Waals surface area contributed by atoms with Gasteiger partial charge in [-0.3, -0.25) is 0 Å². The molecule has 0 amide bonds. The highest BCUT2D eigenvalue weighted by Gasteiger charge is 2.17. The van der Waals surface area contributed by atoms with Crippen LogP contribution in [0.3, 0.4) is 0 Å². The molecule has 0 saturated heterocycles. The van der Waals surface area contributed by atoms with Crippen LogP contribution in [-0.4, -0.2) is 23.4 Å². The van der Waals surface area contributed by atoms with Crippen LogP contribution < -0.4 is 0 Å². The van der Waals surface area contributed by atoms with Crippen LogP contribution in [0.5, 0.6) is 0 Å². The molecular weight excluding hydrogens is 336 g/mol. The van der Waals surface area contributed by atoms with E-state index in [1.54, 1.807) is 7.11 Å². The Labute approximate surface area is 161 Å². The van der Waals surface area contributed by atoms with E-state index in [-0.39, 0.29) is 5.60 Å². The summed E-state index contributed by atoms with van der Waals surface area (Å²) in [5.41, 5.74) is 7.20. The zero-order chi connectivity index (χ0) is 19.6. The van der Waals surface area contributed by atoms with E-state index < -0.39 is 0 Å². The second-order valence-electron chi connectivity index (χ2n) is 7.89. The van der Waals surface area contributed by atoms with Crippen LogP contribution in [0.1, 0.15) is 48.8 Å². The van der Waals surface area contributed by atoms with E-state index in [1.807, 2.05) is 12.2 Å². The molecule has 0 atom stereocenters. The van der Waals surface area contributed by atoms with Gasteiger partial charge in [0, 0.05) is 23.0 Å². The van der Waals surface area contributed by atoms with E-state index in [0.29, 0.717) is 6.61 Å². The molecule has 1 aromatic carbocycles. The van der Waals surface area contributed by atoms with Gasteiger partial charge in [-0.25, -0.2) is 4.99 Å². The van der Waals surface area contributed by atoms with Crippen LogP contribution in [0.4, 0.5) is 0 Å². The third-order valence-electron chi connectivity index (χ3n) is 4.37. The monoisotopic (exact) mass is 364 g/mol. The number of aliphatic imine (C=N–C) groups is 1. The Hall–Kier alpha value is -2.59. The lowest BCUT2D eigenvalue weighted by Gasteiger charge is -2.19. The van der Waals surface area contributed by atoms with E-state index in [1.165, 1.54) is 5.56 Å². The molecule has 1 aliphatic rings. The number of ether oxygens (including phenoxy) is 2. The Kier molecular flexibility index (Phi) is 5.38. The lowest BCUT2D eigenvalue weighted by atomic mass is 10.1. The highest BCUT2D eigenvalue weighted by molar-refractivity contribution is 6.12. The van der Waals surface area contributed by atoms with Crippen molar-refractivity contribution in [2.24, 2.45) is 4.99 Å². The van der Waals surface area contributed by atoms with Gasteiger partial charge < -0.3 is 14.5 Å². The zero-order valence-electron chi connectivity index (χ0n) is 17.0. The first-order valence-electron chi connectivity index (χ1n) is 9.21. The molecule has 4 nitrogen and oxygen atoms in total. The quantitative estimate of drug-likeness (QED) is 0.780. The van der Waals surface area contributed by atoms with E-state index in [9.17, 15) is 0 Å². The molecule has 0 bridgehead atoms. The first-order valence-corrected chi connectivity index (χ1v) is 9.21. The highest BCUT2D eigenvalue weighted by atomic mass is 16.5. The van der Waals surface area contributed by atoms with Gasteiger partial charge in [-0.15, -0.1) is 0 Å². The minimum absolute atomic E-state index is 0.141. The highest BCUT2D eigenvalue weighted by Crippen LogP contribution is 2.26. The van der Waals surface area contributed by atoms with Crippen LogP contribution in [0.2, 0.25) is 0 Å². The Bertz CT molecular complexity index is 907. The molecule has 1 aliphatic heterocycles. The summed E-state index contributed by atoms with van der Waals surface area (Å²) in [6.45, 7) is 10.9. The van der Waals surface area contributed by atoms with Gasteiger partial charge in [0.1, 0.15) is 11.5 Å². The summed E-state index contributed by atoms with van der Waals surface area (Å²) in [5.74, 6) is 0.775. The van der Waals surface area contributed by atoms with Crippen LogP contribution in [0.15, 0.2) is 52.9 Å². The molecule has 0 spiro atoms. The van der Waals surface area contributed by atoms with Crippen molar-refractivity contribution in [2.45, 2.75) is 46.8 Å². The third kappa shape index (κ3) is 4.77. The normalized spacial score (nSPS) is 15.9. The van der Waals surface area contributed by atoms with Crippen LogP contribution in [0.25, 0.3) is 6.08 Å². The van der Waals surface area contributed by atoms with Gasteiger partial charge in [-0.2, -0.15) is 0 Å². The molecular formula is C23H28N2O2. The van der Waals surface area contributed by atoms with Crippen molar-refractivity contribution in [3.8, 4) is 0 Å². The fourth-order valence-electron chi connectivity index (χ4n) is 2.94. The first kappa shape index (κ1) is 19.2. The molecule has 2 aromatic rings. The summed E-state index contributed by atoms with van der Waals surface area (Å²) >= 11 is 0. The third-order valence-corrected chi connectivity index (χ3v) is 4.37. The van der Waals surface area contributed by atoms with Crippen LogP contribution >= 0.6 is 0 Å². The topological polar surface area (TPSA) is 46.6 Å². The largest absolute Gasteiger partial charge is 0.494 e.